The smallest absolute Gasteiger partial charge is 0.325 e. The molecule has 0 atom stereocenters. The van der Waals surface area contributed by atoms with E-state index in [1.54, 1.807) is 22.8 Å². The monoisotopic (exact) mass is 498 g/mol. The van der Waals surface area contributed by atoms with Crippen LogP contribution in [-0.2, 0) is 11.2 Å². The third-order valence-electron chi connectivity index (χ3n) is 4.65. The molecule has 0 unspecified atom stereocenters. The summed E-state index contributed by atoms with van der Waals surface area (Å²) in [4.78, 5) is 40.7. The summed E-state index contributed by atoms with van der Waals surface area (Å²) in [5, 5.41) is 12.2. The Bertz CT molecular complexity index is 1410. The van der Waals surface area contributed by atoms with Crippen molar-refractivity contribution in [1.82, 2.24) is 24.7 Å². The lowest BCUT2D eigenvalue weighted by Gasteiger charge is -2.12. The third-order valence-corrected chi connectivity index (χ3v) is 5.81. The van der Waals surface area contributed by atoms with Crippen molar-refractivity contribution in [2.75, 3.05) is 18.2 Å². The highest BCUT2D eigenvalue weighted by Gasteiger charge is 2.17. The Morgan fingerprint density at radius 3 is 2.65 bits per heavy atom. The molecule has 0 aliphatic heterocycles. The van der Waals surface area contributed by atoms with Crippen LogP contribution in [0.4, 0.5) is 5.69 Å². The average molecular weight is 499 g/mol. The van der Waals surface area contributed by atoms with Gasteiger partial charge in [-0.15, -0.1) is 10.2 Å². The molecule has 10 nitrogen and oxygen atoms in total. The number of halogens is 1. The first-order valence-electron chi connectivity index (χ1n) is 10.0. The maximum atomic E-state index is 12.6. The number of aromatic amines is 2. The summed E-state index contributed by atoms with van der Waals surface area (Å²) in [5.74, 6) is 0.743. The van der Waals surface area contributed by atoms with Gasteiger partial charge in [0, 0.05) is 28.9 Å². The molecule has 12 heteroatoms. The molecule has 4 aromatic rings. The van der Waals surface area contributed by atoms with E-state index < -0.39 is 11.2 Å². The molecule has 174 valence electrons. The van der Waals surface area contributed by atoms with E-state index in [2.05, 4.69) is 25.5 Å². The van der Waals surface area contributed by atoms with Gasteiger partial charge in [-0.05, 0) is 30.3 Å². The minimum Gasteiger partial charge on any atom is -0.495 e. The van der Waals surface area contributed by atoms with Crippen molar-refractivity contribution in [3.63, 3.8) is 0 Å². The minimum atomic E-state index is -0.601. The number of thioether (sulfide) groups is 1. The lowest BCUT2D eigenvalue weighted by molar-refractivity contribution is -0.113. The molecule has 0 radical (unpaired) electrons. The largest absolute Gasteiger partial charge is 0.495 e. The molecular formula is C22H19ClN6O4S. The van der Waals surface area contributed by atoms with Gasteiger partial charge < -0.3 is 15.0 Å². The van der Waals surface area contributed by atoms with Gasteiger partial charge in [-0.1, -0.05) is 41.6 Å². The highest BCUT2D eigenvalue weighted by Crippen LogP contribution is 2.28. The molecule has 2 heterocycles. The lowest BCUT2D eigenvalue weighted by Crippen LogP contribution is -2.23. The van der Waals surface area contributed by atoms with E-state index in [4.69, 9.17) is 16.3 Å². The molecule has 2 aromatic carbocycles. The second-order valence-electron chi connectivity index (χ2n) is 7.04. The van der Waals surface area contributed by atoms with Crippen LogP contribution in [0.15, 0.2) is 69.3 Å². The number of ether oxygens (including phenoxy) is 1. The molecule has 0 fully saturated rings. The van der Waals surface area contributed by atoms with E-state index in [0.29, 0.717) is 33.1 Å². The molecule has 0 saturated heterocycles. The molecule has 3 N–H and O–H groups in total. The SMILES string of the molecule is COc1ccc(Cl)cc1NC(=O)CSc1nnc(Cc2cc(=O)[nH]c(=O)[nH]2)n1-c1ccccc1. The third kappa shape index (κ3) is 5.56. The molecule has 34 heavy (non-hydrogen) atoms. The van der Waals surface area contributed by atoms with E-state index >= 15 is 0 Å². The number of aromatic nitrogens is 5. The van der Waals surface area contributed by atoms with Crippen molar-refractivity contribution in [3.8, 4) is 11.4 Å². The summed E-state index contributed by atoms with van der Waals surface area (Å²) in [5.41, 5.74) is 0.516. The molecule has 0 spiro atoms. The van der Waals surface area contributed by atoms with E-state index in [9.17, 15) is 14.4 Å². The fraction of sp³-hybridized carbons (Fsp3) is 0.136. The number of nitrogens with one attached hydrogen (secondary N) is 3. The number of carbonyl (C=O) groups is 1. The fourth-order valence-electron chi connectivity index (χ4n) is 3.22. The van der Waals surface area contributed by atoms with Crippen molar-refractivity contribution in [2.45, 2.75) is 11.6 Å². The molecule has 0 bridgehead atoms. The average Bonchev–Trinajstić information content (AvgIpc) is 3.20. The van der Waals surface area contributed by atoms with Gasteiger partial charge in [-0.25, -0.2) is 4.79 Å². The van der Waals surface area contributed by atoms with E-state index in [1.165, 1.54) is 24.9 Å². The zero-order chi connectivity index (χ0) is 24.1. The number of nitrogens with zero attached hydrogens (tertiary/aromatic N) is 3. The van der Waals surface area contributed by atoms with Crippen molar-refractivity contribution < 1.29 is 9.53 Å². The number of para-hydroxylation sites is 1. The molecule has 0 aliphatic carbocycles. The number of rotatable bonds is 8. The van der Waals surface area contributed by atoms with Crippen molar-refractivity contribution in [2.24, 2.45) is 0 Å². The predicted octanol–water partition coefficient (Wildman–Crippen LogP) is 2.63. The Morgan fingerprint density at radius 2 is 1.91 bits per heavy atom. The Balaban J connectivity index is 1.57. The second kappa shape index (κ2) is 10.4. The molecule has 1 amide bonds. The van der Waals surface area contributed by atoms with Crippen LogP contribution in [0.5, 0.6) is 5.75 Å². The molecule has 4 rings (SSSR count). The summed E-state index contributed by atoms with van der Waals surface area (Å²) in [6, 6.07) is 15.6. The van der Waals surface area contributed by atoms with Crippen LogP contribution in [0.25, 0.3) is 5.69 Å². The maximum absolute atomic E-state index is 12.6. The summed E-state index contributed by atoms with van der Waals surface area (Å²) in [6.45, 7) is 0. The number of benzene rings is 2. The topological polar surface area (TPSA) is 135 Å². The number of anilines is 1. The zero-order valence-corrected chi connectivity index (χ0v) is 19.4. The van der Waals surface area contributed by atoms with Crippen LogP contribution in [0.2, 0.25) is 5.02 Å². The number of hydrogen-bond acceptors (Lipinski definition) is 7. The summed E-state index contributed by atoms with van der Waals surface area (Å²) in [7, 11) is 1.51. The van der Waals surface area contributed by atoms with Gasteiger partial charge in [0.2, 0.25) is 5.91 Å². The van der Waals surface area contributed by atoms with Crippen molar-refractivity contribution in [3.05, 3.63) is 92.0 Å². The minimum absolute atomic E-state index is 0.0441. The predicted molar refractivity (Wildman–Crippen MR) is 129 cm³/mol. The van der Waals surface area contributed by atoms with Crippen LogP contribution in [-0.4, -0.2) is 43.5 Å². The normalized spacial score (nSPS) is 10.8. The van der Waals surface area contributed by atoms with Gasteiger partial charge in [-0.2, -0.15) is 0 Å². The van der Waals surface area contributed by atoms with Crippen LogP contribution in [0.1, 0.15) is 11.5 Å². The second-order valence-corrected chi connectivity index (χ2v) is 8.42. The van der Waals surface area contributed by atoms with Gasteiger partial charge >= 0.3 is 5.69 Å². The number of hydrogen-bond donors (Lipinski definition) is 3. The molecule has 2 aromatic heterocycles. The first kappa shape index (κ1) is 23.3. The number of H-pyrrole nitrogens is 2. The van der Waals surface area contributed by atoms with E-state index in [0.717, 1.165) is 5.69 Å². The van der Waals surface area contributed by atoms with Crippen LogP contribution in [0, 0.1) is 0 Å². The van der Waals surface area contributed by atoms with Gasteiger partial charge in [-0.3, -0.25) is 19.1 Å². The molecular weight excluding hydrogens is 480 g/mol. The van der Waals surface area contributed by atoms with Crippen molar-refractivity contribution in [1.29, 1.82) is 0 Å². The summed E-state index contributed by atoms with van der Waals surface area (Å²) < 4.78 is 7.04. The van der Waals surface area contributed by atoms with Gasteiger partial charge in [0.1, 0.15) is 11.6 Å². The molecule has 0 saturated carbocycles. The van der Waals surface area contributed by atoms with Crippen LogP contribution >= 0.6 is 23.4 Å². The standard InChI is InChI=1S/C22H19ClN6O4S/c1-33-17-8-7-13(23)9-16(17)25-20(31)12-34-22-28-27-18(29(22)15-5-3-2-4-6-15)10-14-11-19(30)26-21(32)24-14/h2-9,11H,10,12H2,1H3,(H,25,31)(H2,24,26,30,32). The number of amides is 1. The first-order chi connectivity index (χ1) is 16.4. The molecule has 0 aliphatic rings. The zero-order valence-electron chi connectivity index (χ0n) is 17.9. The van der Waals surface area contributed by atoms with Gasteiger partial charge in [0.05, 0.1) is 18.6 Å². The first-order valence-corrected chi connectivity index (χ1v) is 11.4. The Morgan fingerprint density at radius 1 is 1.12 bits per heavy atom. The number of methoxy groups -OCH3 is 1. The Labute approximate surface area is 202 Å². The number of carbonyl (C=O) groups excluding carboxylic acids is 1. The van der Waals surface area contributed by atoms with Gasteiger partial charge in [0.25, 0.3) is 5.56 Å². The lowest BCUT2D eigenvalue weighted by atomic mass is 10.2. The quantitative estimate of drug-likeness (QED) is 0.318. The fourth-order valence-corrected chi connectivity index (χ4v) is 4.17. The summed E-state index contributed by atoms with van der Waals surface area (Å²) >= 11 is 7.22. The van der Waals surface area contributed by atoms with Crippen molar-refractivity contribution >= 4 is 35.0 Å². The Kier molecular flexibility index (Phi) is 7.14. The van der Waals surface area contributed by atoms with E-state index in [-0.39, 0.29) is 18.1 Å². The van der Waals surface area contributed by atoms with Gasteiger partial charge in [0.15, 0.2) is 5.16 Å². The highest BCUT2D eigenvalue weighted by atomic mass is 35.5. The van der Waals surface area contributed by atoms with Crippen LogP contribution in [0.3, 0.4) is 0 Å². The maximum Gasteiger partial charge on any atom is 0.325 e. The summed E-state index contributed by atoms with van der Waals surface area (Å²) in [6.07, 6.45) is 0.160. The Hall–Kier alpha value is -3.83. The van der Waals surface area contributed by atoms with Crippen LogP contribution < -0.4 is 21.3 Å². The highest BCUT2D eigenvalue weighted by molar-refractivity contribution is 7.99. The van der Waals surface area contributed by atoms with E-state index in [1.807, 2.05) is 30.3 Å².